The lowest BCUT2D eigenvalue weighted by Crippen LogP contribution is -2.40. The summed E-state index contributed by atoms with van der Waals surface area (Å²) < 4.78 is 5.08. The van der Waals surface area contributed by atoms with Crippen molar-refractivity contribution in [2.45, 2.75) is 32.2 Å². The van der Waals surface area contributed by atoms with Gasteiger partial charge in [0.05, 0.1) is 12.7 Å². The van der Waals surface area contributed by atoms with Crippen molar-refractivity contribution in [1.29, 1.82) is 0 Å². The molecule has 0 heterocycles. The van der Waals surface area contributed by atoms with Crippen LogP contribution in [-0.2, 0) is 4.79 Å². The number of unbranched alkanes of at least 4 members (excludes halogenated alkanes) is 1. The summed E-state index contributed by atoms with van der Waals surface area (Å²) in [6.07, 6.45) is 2.06. The van der Waals surface area contributed by atoms with Crippen molar-refractivity contribution in [2.24, 2.45) is 0 Å². The van der Waals surface area contributed by atoms with Crippen molar-refractivity contribution in [1.82, 2.24) is 5.32 Å². The molecule has 1 aromatic carbocycles. The highest BCUT2D eigenvalue weighted by Crippen LogP contribution is 2.17. The van der Waals surface area contributed by atoms with Crippen LogP contribution in [-0.4, -0.2) is 30.1 Å². The Bertz CT molecular complexity index is 445. The number of hydrogen-bond donors (Lipinski definition) is 2. The second-order valence-corrected chi connectivity index (χ2v) is 4.21. The van der Waals surface area contributed by atoms with Gasteiger partial charge in [0.25, 0.3) is 5.91 Å². The fourth-order valence-corrected chi connectivity index (χ4v) is 1.73. The van der Waals surface area contributed by atoms with Crippen LogP contribution in [0, 0.1) is 0 Å². The molecule has 0 aromatic heterocycles. The zero-order chi connectivity index (χ0) is 14.3. The molecule has 0 saturated carbocycles. The van der Waals surface area contributed by atoms with E-state index in [9.17, 15) is 9.59 Å². The maximum absolute atomic E-state index is 12.0. The summed E-state index contributed by atoms with van der Waals surface area (Å²) in [4.78, 5) is 23.1. The summed E-state index contributed by atoms with van der Waals surface area (Å²) in [6, 6.07) is 5.86. The van der Waals surface area contributed by atoms with Gasteiger partial charge in [0.2, 0.25) is 0 Å². The van der Waals surface area contributed by atoms with Crippen LogP contribution in [0.3, 0.4) is 0 Å². The van der Waals surface area contributed by atoms with Crippen LogP contribution in [0.15, 0.2) is 24.3 Å². The van der Waals surface area contributed by atoms with Gasteiger partial charge in [-0.05, 0) is 18.6 Å². The Morgan fingerprint density at radius 3 is 2.63 bits per heavy atom. The van der Waals surface area contributed by atoms with E-state index in [2.05, 4.69) is 5.32 Å². The van der Waals surface area contributed by atoms with Crippen molar-refractivity contribution in [2.75, 3.05) is 7.11 Å². The van der Waals surface area contributed by atoms with Gasteiger partial charge in [0.15, 0.2) is 0 Å². The summed E-state index contributed by atoms with van der Waals surface area (Å²) in [5.74, 6) is -1.02. The normalized spacial score (nSPS) is 11.7. The van der Waals surface area contributed by atoms with Crippen molar-refractivity contribution >= 4 is 11.9 Å². The molecule has 0 saturated heterocycles. The number of aliphatic carboxylic acids is 1. The first-order valence-electron chi connectivity index (χ1n) is 6.26. The van der Waals surface area contributed by atoms with E-state index in [1.165, 1.54) is 7.11 Å². The summed E-state index contributed by atoms with van der Waals surface area (Å²) in [6.45, 7) is 1.97. The highest BCUT2D eigenvalue weighted by atomic mass is 16.5. The molecule has 0 unspecified atom stereocenters. The number of carbonyl (C=O) groups is 2. The lowest BCUT2D eigenvalue weighted by molar-refractivity contribution is -0.139. The van der Waals surface area contributed by atoms with Crippen LogP contribution in [0.25, 0.3) is 0 Å². The molecule has 0 bridgehead atoms. The lowest BCUT2D eigenvalue weighted by atomic mass is 10.1. The zero-order valence-electron chi connectivity index (χ0n) is 11.2. The minimum absolute atomic E-state index is 0.341. The third kappa shape index (κ3) is 4.28. The number of carboxylic acid groups (broad SMARTS) is 1. The Balaban J connectivity index is 2.78. The molecule has 5 heteroatoms. The minimum atomic E-state index is -1.02. The Morgan fingerprint density at radius 1 is 1.37 bits per heavy atom. The van der Waals surface area contributed by atoms with E-state index in [1.54, 1.807) is 24.3 Å². The molecule has 0 spiro atoms. The number of carboxylic acids is 1. The molecule has 0 aliphatic rings. The summed E-state index contributed by atoms with van der Waals surface area (Å²) in [5, 5.41) is 11.6. The van der Waals surface area contributed by atoms with Crippen LogP contribution in [0.1, 0.15) is 36.5 Å². The Morgan fingerprint density at radius 2 is 2.05 bits per heavy atom. The number of para-hydroxylation sites is 1. The first kappa shape index (κ1) is 15.0. The van der Waals surface area contributed by atoms with Crippen LogP contribution in [0.5, 0.6) is 5.75 Å². The van der Waals surface area contributed by atoms with E-state index in [0.29, 0.717) is 17.7 Å². The molecule has 0 radical (unpaired) electrons. The molecular weight excluding hydrogens is 246 g/mol. The fourth-order valence-electron chi connectivity index (χ4n) is 1.73. The average molecular weight is 265 g/mol. The fraction of sp³-hybridized carbons (Fsp3) is 0.429. The molecule has 1 aromatic rings. The SMILES string of the molecule is CCCC[C@H](NC(=O)c1ccccc1OC)C(=O)O. The number of methoxy groups -OCH3 is 1. The molecule has 19 heavy (non-hydrogen) atoms. The van der Waals surface area contributed by atoms with Crippen molar-refractivity contribution < 1.29 is 19.4 Å². The van der Waals surface area contributed by atoms with E-state index in [4.69, 9.17) is 9.84 Å². The number of ether oxygens (including phenoxy) is 1. The Hall–Kier alpha value is -2.04. The first-order valence-corrected chi connectivity index (χ1v) is 6.26. The average Bonchev–Trinajstić information content (AvgIpc) is 2.42. The van der Waals surface area contributed by atoms with Crippen molar-refractivity contribution in [3.8, 4) is 5.75 Å². The topological polar surface area (TPSA) is 75.6 Å². The van der Waals surface area contributed by atoms with Crippen LogP contribution < -0.4 is 10.1 Å². The smallest absolute Gasteiger partial charge is 0.326 e. The van der Waals surface area contributed by atoms with Crippen molar-refractivity contribution in [3.05, 3.63) is 29.8 Å². The zero-order valence-corrected chi connectivity index (χ0v) is 11.2. The number of hydrogen-bond acceptors (Lipinski definition) is 3. The second-order valence-electron chi connectivity index (χ2n) is 4.21. The van der Waals surface area contributed by atoms with E-state index in [1.807, 2.05) is 6.92 Å². The molecule has 1 rings (SSSR count). The third-order valence-electron chi connectivity index (χ3n) is 2.80. The number of rotatable bonds is 7. The van der Waals surface area contributed by atoms with Crippen LogP contribution >= 0.6 is 0 Å². The molecule has 5 nitrogen and oxygen atoms in total. The van der Waals surface area contributed by atoms with Crippen LogP contribution in [0.4, 0.5) is 0 Å². The molecule has 1 amide bonds. The second kappa shape index (κ2) is 7.41. The molecular formula is C14H19NO4. The predicted molar refractivity (Wildman–Crippen MR) is 71.4 cm³/mol. The first-order chi connectivity index (χ1) is 9.10. The highest BCUT2D eigenvalue weighted by Gasteiger charge is 2.21. The van der Waals surface area contributed by atoms with Gasteiger partial charge in [-0.3, -0.25) is 4.79 Å². The summed E-state index contributed by atoms with van der Waals surface area (Å²) in [5.41, 5.74) is 0.341. The van der Waals surface area contributed by atoms with Crippen LogP contribution in [0.2, 0.25) is 0 Å². The van der Waals surface area contributed by atoms with Gasteiger partial charge in [-0.1, -0.05) is 31.9 Å². The van der Waals surface area contributed by atoms with Gasteiger partial charge in [-0.25, -0.2) is 4.79 Å². The standard InChI is InChI=1S/C14H19NO4/c1-3-4-8-11(14(17)18)15-13(16)10-7-5-6-9-12(10)19-2/h5-7,9,11H,3-4,8H2,1-2H3,(H,15,16)(H,17,18)/t11-/m0/s1. The molecule has 0 fully saturated rings. The quantitative estimate of drug-likeness (QED) is 0.791. The van der Waals surface area contributed by atoms with Gasteiger partial charge in [-0.15, -0.1) is 0 Å². The third-order valence-corrected chi connectivity index (χ3v) is 2.80. The Kier molecular flexibility index (Phi) is 5.85. The van der Waals surface area contributed by atoms with Crippen molar-refractivity contribution in [3.63, 3.8) is 0 Å². The summed E-state index contributed by atoms with van der Waals surface area (Å²) in [7, 11) is 1.47. The van der Waals surface area contributed by atoms with E-state index in [0.717, 1.165) is 12.8 Å². The van der Waals surface area contributed by atoms with E-state index >= 15 is 0 Å². The Labute approximate surface area is 112 Å². The minimum Gasteiger partial charge on any atom is -0.496 e. The number of nitrogens with one attached hydrogen (secondary N) is 1. The molecule has 2 N–H and O–H groups in total. The lowest BCUT2D eigenvalue weighted by Gasteiger charge is -2.15. The number of benzene rings is 1. The van der Waals surface area contributed by atoms with Gasteiger partial charge in [-0.2, -0.15) is 0 Å². The molecule has 0 aliphatic carbocycles. The maximum atomic E-state index is 12.0. The van der Waals surface area contributed by atoms with Gasteiger partial charge in [0, 0.05) is 0 Å². The number of carbonyl (C=O) groups excluding carboxylic acids is 1. The maximum Gasteiger partial charge on any atom is 0.326 e. The number of amides is 1. The molecule has 1 atom stereocenters. The van der Waals surface area contributed by atoms with Gasteiger partial charge in [0.1, 0.15) is 11.8 Å². The van der Waals surface area contributed by atoms with Gasteiger partial charge >= 0.3 is 5.97 Å². The monoisotopic (exact) mass is 265 g/mol. The van der Waals surface area contributed by atoms with E-state index in [-0.39, 0.29) is 0 Å². The van der Waals surface area contributed by atoms with Gasteiger partial charge < -0.3 is 15.2 Å². The largest absolute Gasteiger partial charge is 0.496 e. The summed E-state index contributed by atoms with van der Waals surface area (Å²) >= 11 is 0. The highest BCUT2D eigenvalue weighted by molar-refractivity contribution is 5.98. The predicted octanol–water partition coefficient (Wildman–Crippen LogP) is 2.07. The molecule has 0 aliphatic heterocycles. The van der Waals surface area contributed by atoms with E-state index < -0.39 is 17.9 Å². The molecule has 104 valence electrons.